The van der Waals surface area contributed by atoms with Crippen LogP contribution in [0, 0.1) is 13.8 Å². The van der Waals surface area contributed by atoms with Gasteiger partial charge in [0.25, 0.3) is 5.91 Å². The van der Waals surface area contributed by atoms with E-state index in [9.17, 15) is 4.79 Å². The Morgan fingerprint density at radius 2 is 1.81 bits per heavy atom. The molecule has 1 heterocycles. The monoisotopic (exact) mass is 365 g/mol. The molecule has 0 unspecified atom stereocenters. The van der Waals surface area contributed by atoms with Gasteiger partial charge in [-0.3, -0.25) is 9.69 Å². The van der Waals surface area contributed by atoms with E-state index in [1.54, 1.807) is 4.90 Å². The normalized spacial score (nSPS) is 10.7. The molecule has 3 rings (SSSR count). The number of benzene rings is 2. The first-order chi connectivity index (χ1) is 12.6. The molecule has 0 saturated heterocycles. The Morgan fingerprint density at radius 1 is 1.04 bits per heavy atom. The van der Waals surface area contributed by atoms with Crippen LogP contribution < -0.4 is 4.90 Å². The van der Waals surface area contributed by atoms with Crippen molar-refractivity contribution in [3.63, 3.8) is 0 Å². The molecule has 0 atom stereocenters. The SMILES string of the molecule is CCCCN(C(=O)c1cccc(C)c1)c1nnc(-c2ccc(C)cc2)s1. The van der Waals surface area contributed by atoms with Gasteiger partial charge in [-0.1, -0.05) is 72.2 Å². The molecule has 0 aliphatic carbocycles. The molecule has 0 radical (unpaired) electrons. The van der Waals surface area contributed by atoms with Gasteiger partial charge in [-0.25, -0.2) is 0 Å². The van der Waals surface area contributed by atoms with Crippen LogP contribution in [0.4, 0.5) is 5.13 Å². The summed E-state index contributed by atoms with van der Waals surface area (Å²) in [6.45, 7) is 6.81. The summed E-state index contributed by atoms with van der Waals surface area (Å²) in [5, 5.41) is 10.1. The van der Waals surface area contributed by atoms with Gasteiger partial charge in [-0.2, -0.15) is 0 Å². The lowest BCUT2D eigenvalue weighted by atomic mass is 10.1. The maximum absolute atomic E-state index is 13.1. The highest BCUT2D eigenvalue weighted by molar-refractivity contribution is 7.18. The van der Waals surface area contributed by atoms with Crippen molar-refractivity contribution in [1.82, 2.24) is 10.2 Å². The number of aryl methyl sites for hydroxylation is 2. The minimum absolute atomic E-state index is 0.0197. The predicted molar refractivity (Wildman–Crippen MR) is 108 cm³/mol. The van der Waals surface area contributed by atoms with Crippen molar-refractivity contribution in [3.05, 3.63) is 65.2 Å². The van der Waals surface area contributed by atoms with Gasteiger partial charge in [0.05, 0.1) is 0 Å². The minimum Gasteiger partial charge on any atom is -0.283 e. The topological polar surface area (TPSA) is 46.1 Å². The third kappa shape index (κ3) is 4.17. The number of anilines is 1. The van der Waals surface area contributed by atoms with Gasteiger partial charge in [0, 0.05) is 17.7 Å². The van der Waals surface area contributed by atoms with Crippen LogP contribution >= 0.6 is 11.3 Å². The Hall–Kier alpha value is -2.53. The van der Waals surface area contributed by atoms with Crippen LogP contribution in [0.25, 0.3) is 10.6 Å². The zero-order valence-electron chi connectivity index (χ0n) is 15.4. The van der Waals surface area contributed by atoms with Crippen molar-refractivity contribution in [1.29, 1.82) is 0 Å². The summed E-state index contributed by atoms with van der Waals surface area (Å²) >= 11 is 1.46. The highest BCUT2D eigenvalue weighted by atomic mass is 32.1. The number of unbranched alkanes of at least 4 members (excludes halogenated alkanes) is 1. The van der Waals surface area contributed by atoms with E-state index < -0.39 is 0 Å². The molecule has 134 valence electrons. The number of nitrogens with zero attached hydrogens (tertiary/aromatic N) is 3. The van der Waals surface area contributed by atoms with Gasteiger partial charge in [0.2, 0.25) is 5.13 Å². The lowest BCUT2D eigenvalue weighted by Gasteiger charge is -2.19. The van der Waals surface area contributed by atoms with E-state index in [0.717, 1.165) is 29.0 Å². The van der Waals surface area contributed by atoms with Crippen molar-refractivity contribution in [2.45, 2.75) is 33.6 Å². The van der Waals surface area contributed by atoms with E-state index in [-0.39, 0.29) is 5.91 Å². The molecule has 4 nitrogen and oxygen atoms in total. The molecule has 0 bridgehead atoms. The number of carbonyl (C=O) groups excluding carboxylic acids is 1. The van der Waals surface area contributed by atoms with Crippen molar-refractivity contribution in [2.24, 2.45) is 0 Å². The molecule has 0 N–H and O–H groups in total. The standard InChI is InChI=1S/C21H23N3OS/c1-4-5-13-24(20(25)18-8-6-7-16(3)14-18)21-23-22-19(26-21)17-11-9-15(2)10-12-17/h6-12,14H,4-5,13H2,1-3H3. The third-order valence-electron chi connectivity index (χ3n) is 4.19. The van der Waals surface area contributed by atoms with Crippen LogP contribution in [0.3, 0.4) is 0 Å². The summed E-state index contributed by atoms with van der Waals surface area (Å²) in [5.41, 5.74) is 3.99. The molecule has 0 aliphatic rings. The van der Waals surface area contributed by atoms with E-state index in [4.69, 9.17) is 0 Å². The number of hydrogen-bond donors (Lipinski definition) is 0. The maximum atomic E-state index is 13.1. The van der Waals surface area contributed by atoms with Crippen LogP contribution in [-0.4, -0.2) is 22.6 Å². The Bertz CT molecular complexity index is 886. The summed E-state index contributed by atoms with van der Waals surface area (Å²) in [4.78, 5) is 14.8. The lowest BCUT2D eigenvalue weighted by molar-refractivity contribution is 0.0986. The summed E-state index contributed by atoms with van der Waals surface area (Å²) in [6.07, 6.45) is 1.94. The number of rotatable bonds is 6. The average Bonchev–Trinajstić information content (AvgIpc) is 3.12. The molecule has 5 heteroatoms. The van der Waals surface area contributed by atoms with Gasteiger partial charge in [0.1, 0.15) is 5.01 Å². The Labute approximate surface area is 158 Å². The molecular weight excluding hydrogens is 342 g/mol. The predicted octanol–water partition coefficient (Wildman–Crippen LogP) is 5.27. The summed E-state index contributed by atoms with van der Waals surface area (Å²) in [6, 6.07) is 15.9. The van der Waals surface area contributed by atoms with Gasteiger partial charge >= 0.3 is 0 Å². The summed E-state index contributed by atoms with van der Waals surface area (Å²) < 4.78 is 0. The van der Waals surface area contributed by atoms with Crippen LogP contribution in [0.5, 0.6) is 0 Å². The second-order valence-electron chi connectivity index (χ2n) is 6.44. The van der Waals surface area contributed by atoms with Crippen molar-refractivity contribution in [2.75, 3.05) is 11.4 Å². The van der Waals surface area contributed by atoms with E-state index in [2.05, 4.69) is 36.2 Å². The quantitative estimate of drug-likeness (QED) is 0.598. The average molecular weight is 366 g/mol. The van der Waals surface area contributed by atoms with E-state index in [0.29, 0.717) is 17.2 Å². The molecule has 0 spiro atoms. The molecule has 3 aromatic rings. The molecule has 26 heavy (non-hydrogen) atoms. The molecule has 0 aliphatic heterocycles. The maximum Gasteiger partial charge on any atom is 0.260 e. The Morgan fingerprint density at radius 3 is 2.50 bits per heavy atom. The Kier molecular flexibility index (Phi) is 5.78. The molecule has 2 aromatic carbocycles. The third-order valence-corrected chi connectivity index (χ3v) is 5.18. The largest absolute Gasteiger partial charge is 0.283 e. The number of carbonyl (C=O) groups is 1. The minimum atomic E-state index is -0.0197. The lowest BCUT2D eigenvalue weighted by Crippen LogP contribution is -2.31. The van der Waals surface area contributed by atoms with Crippen molar-refractivity contribution < 1.29 is 4.79 Å². The van der Waals surface area contributed by atoms with E-state index in [1.807, 2.05) is 43.3 Å². The van der Waals surface area contributed by atoms with Gasteiger partial charge in [-0.05, 0) is 32.4 Å². The number of amides is 1. The van der Waals surface area contributed by atoms with E-state index in [1.165, 1.54) is 16.9 Å². The molecule has 0 fully saturated rings. The van der Waals surface area contributed by atoms with Gasteiger partial charge < -0.3 is 0 Å². The van der Waals surface area contributed by atoms with Gasteiger partial charge in [-0.15, -0.1) is 10.2 Å². The van der Waals surface area contributed by atoms with Crippen LogP contribution in [0.1, 0.15) is 41.3 Å². The zero-order valence-corrected chi connectivity index (χ0v) is 16.2. The molecule has 0 saturated carbocycles. The second kappa shape index (κ2) is 8.23. The zero-order chi connectivity index (χ0) is 18.5. The number of hydrogen-bond acceptors (Lipinski definition) is 4. The highest BCUT2D eigenvalue weighted by Crippen LogP contribution is 2.30. The fraction of sp³-hybridized carbons (Fsp3) is 0.286. The fourth-order valence-electron chi connectivity index (χ4n) is 2.67. The first kappa shape index (κ1) is 18.3. The van der Waals surface area contributed by atoms with Gasteiger partial charge in [0.15, 0.2) is 0 Å². The summed E-state index contributed by atoms with van der Waals surface area (Å²) in [5.74, 6) is -0.0197. The van der Waals surface area contributed by atoms with Crippen molar-refractivity contribution >= 4 is 22.4 Å². The molecular formula is C21H23N3OS. The molecule has 1 amide bonds. The van der Waals surface area contributed by atoms with Crippen LogP contribution in [-0.2, 0) is 0 Å². The van der Waals surface area contributed by atoms with Crippen LogP contribution in [0.15, 0.2) is 48.5 Å². The number of aromatic nitrogens is 2. The Balaban J connectivity index is 1.90. The highest BCUT2D eigenvalue weighted by Gasteiger charge is 2.21. The summed E-state index contributed by atoms with van der Waals surface area (Å²) in [7, 11) is 0. The van der Waals surface area contributed by atoms with E-state index >= 15 is 0 Å². The smallest absolute Gasteiger partial charge is 0.260 e. The molecule has 1 aromatic heterocycles. The van der Waals surface area contributed by atoms with Crippen LogP contribution in [0.2, 0.25) is 0 Å². The second-order valence-corrected chi connectivity index (χ2v) is 7.39. The first-order valence-corrected chi connectivity index (χ1v) is 9.69. The first-order valence-electron chi connectivity index (χ1n) is 8.87. The fourth-order valence-corrected chi connectivity index (χ4v) is 3.55. The van der Waals surface area contributed by atoms with Crippen molar-refractivity contribution in [3.8, 4) is 10.6 Å².